The molecule has 0 heterocycles. The molecule has 16 heavy (non-hydrogen) atoms. The van der Waals surface area contributed by atoms with Crippen LogP contribution in [0.1, 0.15) is 18.5 Å². The second-order valence-corrected chi connectivity index (χ2v) is 6.15. The summed E-state index contributed by atoms with van der Waals surface area (Å²) in [6, 6.07) is 7.89. The van der Waals surface area contributed by atoms with Crippen LogP contribution in [0.15, 0.2) is 28.7 Å². The summed E-state index contributed by atoms with van der Waals surface area (Å²) in [6.07, 6.45) is 0. The van der Waals surface area contributed by atoms with Crippen molar-refractivity contribution in [3.63, 3.8) is 0 Å². The van der Waals surface area contributed by atoms with Gasteiger partial charge in [-0.15, -0.1) is 0 Å². The molecule has 0 aliphatic carbocycles. The van der Waals surface area contributed by atoms with E-state index in [9.17, 15) is 8.42 Å². The van der Waals surface area contributed by atoms with Gasteiger partial charge in [0.15, 0.2) is 0 Å². The topological polar surface area (TPSA) is 72.2 Å². The summed E-state index contributed by atoms with van der Waals surface area (Å²) in [5, 5.41) is 8.02. The van der Waals surface area contributed by atoms with Gasteiger partial charge in [0.1, 0.15) is 0 Å². The third-order valence-corrected chi connectivity index (χ3v) is 3.70. The van der Waals surface area contributed by atoms with Gasteiger partial charge in [0, 0.05) is 17.1 Å². The minimum atomic E-state index is -3.39. The number of primary sulfonamides is 1. The fraction of sp³-hybridized carbons (Fsp3) is 0.400. The number of rotatable bonds is 5. The standard InChI is InChI=1S/C10H15BrN2O2S/c1-8(13-6-7-16(12,14)15)9-4-2-3-5-10(9)11/h2-5,8,13H,6-7H2,1H3,(H2,12,14,15)/t8-/m0/s1. The van der Waals surface area contributed by atoms with Crippen LogP contribution in [0.4, 0.5) is 0 Å². The zero-order valence-corrected chi connectivity index (χ0v) is 11.4. The van der Waals surface area contributed by atoms with Crippen LogP contribution in [0.5, 0.6) is 0 Å². The largest absolute Gasteiger partial charge is 0.309 e. The van der Waals surface area contributed by atoms with Crippen molar-refractivity contribution in [1.82, 2.24) is 5.32 Å². The fourth-order valence-electron chi connectivity index (χ4n) is 1.35. The Balaban J connectivity index is 2.54. The molecule has 1 aromatic rings. The molecule has 0 bridgehead atoms. The zero-order valence-electron chi connectivity index (χ0n) is 8.98. The number of sulfonamides is 1. The summed E-state index contributed by atoms with van der Waals surface area (Å²) in [5.41, 5.74) is 1.09. The molecule has 0 amide bonds. The number of halogens is 1. The van der Waals surface area contributed by atoms with E-state index in [1.54, 1.807) is 0 Å². The third-order valence-electron chi connectivity index (χ3n) is 2.21. The molecule has 3 N–H and O–H groups in total. The van der Waals surface area contributed by atoms with Crippen LogP contribution in [0.2, 0.25) is 0 Å². The minimum Gasteiger partial charge on any atom is -0.309 e. The molecule has 0 spiro atoms. The molecule has 6 heteroatoms. The zero-order chi connectivity index (χ0) is 12.2. The van der Waals surface area contributed by atoms with Gasteiger partial charge >= 0.3 is 0 Å². The normalized spacial score (nSPS) is 13.7. The SMILES string of the molecule is C[C@H](NCCS(N)(=O)=O)c1ccccc1Br. The average Bonchev–Trinajstić information content (AvgIpc) is 2.16. The summed E-state index contributed by atoms with van der Waals surface area (Å²) in [6.45, 7) is 2.32. The number of nitrogens with one attached hydrogen (secondary N) is 1. The first-order chi connectivity index (χ1) is 7.40. The fourth-order valence-corrected chi connectivity index (χ4v) is 2.38. The van der Waals surface area contributed by atoms with E-state index < -0.39 is 10.0 Å². The maximum Gasteiger partial charge on any atom is 0.210 e. The van der Waals surface area contributed by atoms with Gasteiger partial charge in [-0.05, 0) is 18.6 Å². The monoisotopic (exact) mass is 306 g/mol. The van der Waals surface area contributed by atoms with Gasteiger partial charge in [0.2, 0.25) is 10.0 Å². The van der Waals surface area contributed by atoms with E-state index in [1.165, 1.54) is 0 Å². The molecular weight excluding hydrogens is 292 g/mol. The maximum atomic E-state index is 10.7. The molecule has 1 aromatic carbocycles. The van der Waals surface area contributed by atoms with Crippen molar-refractivity contribution in [2.45, 2.75) is 13.0 Å². The Labute approximate surface area is 104 Å². The Morgan fingerprint density at radius 1 is 1.44 bits per heavy atom. The quantitative estimate of drug-likeness (QED) is 0.863. The van der Waals surface area contributed by atoms with E-state index in [0.29, 0.717) is 6.54 Å². The summed E-state index contributed by atoms with van der Waals surface area (Å²) in [5.74, 6) is -0.0538. The summed E-state index contributed by atoms with van der Waals surface area (Å²) >= 11 is 3.45. The van der Waals surface area contributed by atoms with Crippen molar-refractivity contribution >= 4 is 26.0 Å². The van der Waals surface area contributed by atoms with Gasteiger partial charge in [-0.3, -0.25) is 0 Å². The van der Waals surface area contributed by atoms with E-state index in [0.717, 1.165) is 10.0 Å². The first kappa shape index (κ1) is 13.6. The van der Waals surface area contributed by atoms with Crippen LogP contribution in [0.25, 0.3) is 0 Å². The maximum absolute atomic E-state index is 10.7. The molecule has 0 unspecified atom stereocenters. The number of hydrogen-bond donors (Lipinski definition) is 2. The van der Waals surface area contributed by atoms with Crippen molar-refractivity contribution in [1.29, 1.82) is 0 Å². The highest BCUT2D eigenvalue weighted by Gasteiger charge is 2.09. The minimum absolute atomic E-state index is 0.0538. The number of hydrogen-bond acceptors (Lipinski definition) is 3. The Morgan fingerprint density at radius 3 is 2.62 bits per heavy atom. The van der Waals surface area contributed by atoms with Crippen molar-refractivity contribution in [2.75, 3.05) is 12.3 Å². The highest BCUT2D eigenvalue weighted by molar-refractivity contribution is 9.10. The Bertz CT molecular complexity index is 448. The van der Waals surface area contributed by atoms with E-state index in [4.69, 9.17) is 5.14 Å². The molecule has 0 aliphatic heterocycles. The number of benzene rings is 1. The van der Waals surface area contributed by atoms with Crippen molar-refractivity contribution in [2.24, 2.45) is 5.14 Å². The molecule has 0 aromatic heterocycles. The highest BCUT2D eigenvalue weighted by atomic mass is 79.9. The lowest BCUT2D eigenvalue weighted by Crippen LogP contribution is -2.29. The lowest BCUT2D eigenvalue weighted by atomic mass is 10.1. The van der Waals surface area contributed by atoms with Crippen LogP contribution in [-0.2, 0) is 10.0 Å². The second-order valence-electron chi connectivity index (χ2n) is 3.56. The van der Waals surface area contributed by atoms with Crippen LogP contribution in [0, 0.1) is 0 Å². The smallest absolute Gasteiger partial charge is 0.210 e. The van der Waals surface area contributed by atoms with Crippen LogP contribution in [0.3, 0.4) is 0 Å². The number of nitrogens with two attached hydrogens (primary N) is 1. The van der Waals surface area contributed by atoms with Crippen LogP contribution < -0.4 is 10.5 Å². The lowest BCUT2D eigenvalue weighted by Gasteiger charge is -2.15. The summed E-state index contributed by atoms with van der Waals surface area (Å²) in [4.78, 5) is 0. The van der Waals surface area contributed by atoms with E-state index in [2.05, 4.69) is 21.2 Å². The van der Waals surface area contributed by atoms with E-state index in [1.807, 2.05) is 31.2 Å². The predicted molar refractivity (Wildman–Crippen MR) is 68.5 cm³/mol. The molecule has 0 saturated carbocycles. The van der Waals surface area contributed by atoms with Crippen LogP contribution >= 0.6 is 15.9 Å². The lowest BCUT2D eigenvalue weighted by molar-refractivity contribution is 0.572. The average molecular weight is 307 g/mol. The predicted octanol–water partition coefficient (Wildman–Crippen LogP) is 1.39. The Morgan fingerprint density at radius 2 is 2.06 bits per heavy atom. The first-order valence-corrected chi connectivity index (χ1v) is 7.39. The molecular formula is C10H15BrN2O2S. The van der Waals surface area contributed by atoms with E-state index in [-0.39, 0.29) is 11.8 Å². The molecule has 1 rings (SSSR count). The van der Waals surface area contributed by atoms with E-state index >= 15 is 0 Å². The van der Waals surface area contributed by atoms with Gasteiger partial charge in [-0.1, -0.05) is 34.1 Å². The molecule has 0 fully saturated rings. The molecule has 0 radical (unpaired) electrons. The van der Waals surface area contributed by atoms with Crippen molar-refractivity contribution in [3.05, 3.63) is 34.3 Å². The Kier molecular flexibility index (Phi) is 4.91. The van der Waals surface area contributed by atoms with Gasteiger partial charge in [-0.25, -0.2) is 13.6 Å². The van der Waals surface area contributed by atoms with Gasteiger partial charge in [0.05, 0.1) is 5.75 Å². The molecule has 4 nitrogen and oxygen atoms in total. The molecule has 0 saturated heterocycles. The van der Waals surface area contributed by atoms with Crippen molar-refractivity contribution < 1.29 is 8.42 Å². The summed E-state index contributed by atoms with van der Waals surface area (Å²) < 4.78 is 22.5. The van der Waals surface area contributed by atoms with Gasteiger partial charge < -0.3 is 5.32 Å². The third kappa shape index (κ3) is 4.61. The second kappa shape index (κ2) is 5.77. The first-order valence-electron chi connectivity index (χ1n) is 4.88. The van der Waals surface area contributed by atoms with Gasteiger partial charge in [0.25, 0.3) is 0 Å². The Hall–Kier alpha value is -0.430. The van der Waals surface area contributed by atoms with Crippen molar-refractivity contribution in [3.8, 4) is 0 Å². The molecule has 90 valence electrons. The summed E-state index contributed by atoms with van der Waals surface area (Å²) in [7, 11) is -3.39. The highest BCUT2D eigenvalue weighted by Crippen LogP contribution is 2.22. The molecule has 0 aliphatic rings. The van der Waals surface area contributed by atoms with Gasteiger partial charge in [-0.2, -0.15) is 0 Å². The molecule has 1 atom stereocenters. The van der Waals surface area contributed by atoms with Crippen LogP contribution in [-0.4, -0.2) is 20.7 Å².